The van der Waals surface area contributed by atoms with Crippen molar-refractivity contribution in [2.75, 3.05) is 60.7 Å². The molecule has 1 saturated heterocycles. The van der Waals surface area contributed by atoms with E-state index in [4.69, 9.17) is 23.7 Å². The second-order valence-corrected chi connectivity index (χ2v) is 12.1. The van der Waals surface area contributed by atoms with Crippen molar-refractivity contribution in [1.29, 1.82) is 0 Å². The highest BCUT2D eigenvalue weighted by molar-refractivity contribution is 5.91. The molecule has 2 unspecified atom stereocenters. The fourth-order valence-corrected chi connectivity index (χ4v) is 6.48. The largest absolute Gasteiger partial charge is 0.497 e. The minimum Gasteiger partial charge on any atom is -0.497 e. The van der Waals surface area contributed by atoms with E-state index in [9.17, 15) is 9.59 Å². The highest BCUT2D eigenvalue weighted by Gasteiger charge is 2.29. The Morgan fingerprint density at radius 2 is 1.55 bits per heavy atom. The quantitative estimate of drug-likeness (QED) is 0.123. The molecular formula is C38H46N2O7. The van der Waals surface area contributed by atoms with Crippen molar-refractivity contribution >= 4 is 11.9 Å². The van der Waals surface area contributed by atoms with Crippen molar-refractivity contribution in [1.82, 2.24) is 9.80 Å². The summed E-state index contributed by atoms with van der Waals surface area (Å²) in [6.45, 7) is 4.98. The van der Waals surface area contributed by atoms with Crippen LogP contribution in [0.5, 0.6) is 17.2 Å². The van der Waals surface area contributed by atoms with Gasteiger partial charge in [0.2, 0.25) is 0 Å². The number of hydrogen-bond donors (Lipinski definition) is 0. The molecule has 0 N–H and O–H groups in total. The Morgan fingerprint density at radius 1 is 0.830 bits per heavy atom. The van der Waals surface area contributed by atoms with Crippen LogP contribution in [-0.4, -0.2) is 82.5 Å². The summed E-state index contributed by atoms with van der Waals surface area (Å²) in [7, 11) is 4.98. The molecule has 0 spiro atoms. The van der Waals surface area contributed by atoms with Crippen molar-refractivity contribution in [2.45, 2.75) is 38.3 Å². The Kier molecular flexibility index (Phi) is 12.3. The summed E-state index contributed by atoms with van der Waals surface area (Å²) in [5.41, 5.74) is 4.94. The van der Waals surface area contributed by atoms with E-state index >= 15 is 0 Å². The zero-order chi connectivity index (χ0) is 33.0. The van der Waals surface area contributed by atoms with Crippen LogP contribution >= 0.6 is 0 Å². The van der Waals surface area contributed by atoms with E-state index in [1.165, 1.54) is 22.3 Å². The summed E-state index contributed by atoms with van der Waals surface area (Å²) in [5.74, 6) is 1.48. The average Bonchev–Trinajstić information content (AvgIpc) is 3.56. The summed E-state index contributed by atoms with van der Waals surface area (Å²) in [5, 5.41) is 0. The molecule has 0 saturated carbocycles. The zero-order valence-electron chi connectivity index (χ0n) is 27.7. The van der Waals surface area contributed by atoms with E-state index in [0.717, 1.165) is 75.6 Å². The van der Waals surface area contributed by atoms with Gasteiger partial charge in [-0.2, -0.15) is 0 Å². The first-order valence-corrected chi connectivity index (χ1v) is 16.4. The van der Waals surface area contributed by atoms with Crippen LogP contribution in [0.25, 0.3) is 0 Å². The van der Waals surface area contributed by atoms with Gasteiger partial charge in [-0.05, 0) is 78.7 Å². The molecule has 2 atom stereocenters. The second kappa shape index (κ2) is 17.0. The van der Waals surface area contributed by atoms with Gasteiger partial charge in [-0.3, -0.25) is 9.80 Å². The SMILES string of the molecule is COc1ccc(CC2c3cc(OC)c(OC)cc3CCN2CCCOC(=O)/C=C\C(=O)OCC2CCN(Cc3ccccc3)C2)cc1. The molecular weight excluding hydrogens is 596 g/mol. The summed E-state index contributed by atoms with van der Waals surface area (Å²) in [6.07, 6.45) is 5.65. The third-order valence-corrected chi connectivity index (χ3v) is 8.97. The molecule has 0 amide bonds. The number of fused-ring (bicyclic) bond motifs is 1. The monoisotopic (exact) mass is 642 g/mol. The molecule has 250 valence electrons. The van der Waals surface area contributed by atoms with Crippen molar-refractivity contribution in [3.63, 3.8) is 0 Å². The van der Waals surface area contributed by atoms with Crippen LogP contribution in [0.3, 0.4) is 0 Å². The number of likely N-dealkylation sites (tertiary alicyclic amines) is 1. The zero-order valence-corrected chi connectivity index (χ0v) is 27.7. The van der Waals surface area contributed by atoms with Crippen LogP contribution in [0.2, 0.25) is 0 Å². The minimum atomic E-state index is -0.549. The molecule has 0 aromatic heterocycles. The lowest BCUT2D eigenvalue weighted by Crippen LogP contribution is -2.37. The Balaban J connectivity index is 1.08. The molecule has 5 rings (SSSR count). The normalized spacial score (nSPS) is 18.1. The van der Waals surface area contributed by atoms with Gasteiger partial charge in [-0.15, -0.1) is 0 Å². The number of benzene rings is 3. The van der Waals surface area contributed by atoms with Gasteiger partial charge in [0, 0.05) is 50.3 Å². The molecule has 2 aliphatic rings. The molecule has 9 nitrogen and oxygen atoms in total. The summed E-state index contributed by atoms with van der Waals surface area (Å²) in [6, 6.07) is 22.8. The van der Waals surface area contributed by atoms with Crippen LogP contribution in [0.15, 0.2) is 78.9 Å². The smallest absolute Gasteiger partial charge is 0.331 e. The molecule has 0 bridgehead atoms. The standard InChI is InChI=1S/C38H46N2O7/c1-43-32-12-10-28(11-13-32)22-34-33-24-36(45-3)35(44-2)23-31(33)17-20-40(34)18-7-21-46-37(41)14-15-38(42)47-27-30-16-19-39(26-30)25-29-8-5-4-6-9-29/h4-6,8-15,23-24,30,34H,7,16-22,25-27H2,1-3H3/b15-14-. The Morgan fingerprint density at radius 3 is 2.28 bits per heavy atom. The second-order valence-electron chi connectivity index (χ2n) is 12.1. The van der Waals surface area contributed by atoms with E-state index in [0.29, 0.717) is 24.7 Å². The van der Waals surface area contributed by atoms with Crippen molar-refractivity contribution in [3.8, 4) is 17.2 Å². The Hall–Kier alpha value is -4.34. The highest BCUT2D eigenvalue weighted by atomic mass is 16.5. The summed E-state index contributed by atoms with van der Waals surface area (Å²) in [4.78, 5) is 29.4. The lowest BCUT2D eigenvalue weighted by Gasteiger charge is -2.38. The van der Waals surface area contributed by atoms with Crippen molar-refractivity contribution in [2.24, 2.45) is 5.92 Å². The first-order chi connectivity index (χ1) is 22.9. The van der Waals surface area contributed by atoms with Gasteiger partial charge >= 0.3 is 11.9 Å². The predicted octanol–water partition coefficient (Wildman–Crippen LogP) is 5.41. The molecule has 2 aliphatic heterocycles. The summed E-state index contributed by atoms with van der Waals surface area (Å²) >= 11 is 0. The topological polar surface area (TPSA) is 86.8 Å². The Bertz CT molecular complexity index is 1490. The van der Waals surface area contributed by atoms with Crippen LogP contribution in [0.1, 0.15) is 41.1 Å². The fraction of sp³-hybridized carbons (Fsp3) is 0.421. The molecule has 3 aromatic carbocycles. The fourth-order valence-electron chi connectivity index (χ4n) is 6.48. The molecule has 0 aliphatic carbocycles. The number of methoxy groups -OCH3 is 3. The summed E-state index contributed by atoms with van der Waals surface area (Å²) < 4.78 is 27.4. The number of esters is 2. The first-order valence-electron chi connectivity index (χ1n) is 16.4. The van der Waals surface area contributed by atoms with Crippen LogP contribution in [0, 0.1) is 5.92 Å². The lowest BCUT2D eigenvalue weighted by atomic mass is 9.88. The molecule has 1 fully saturated rings. The van der Waals surface area contributed by atoms with Gasteiger partial charge < -0.3 is 23.7 Å². The van der Waals surface area contributed by atoms with E-state index in [1.807, 2.05) is 30.3 Å². The maximum atomic E-state index is 12.4. The number of hydrogen-bond acceptors (Lipinski definition) is 9. The number of rotatable bonds is 15. The van der Waals surface area contributed by atoms with Crippen molar-refractivity contribution in [3.05, 3.63) is 101 Å². The van der Waals surface area contributed by atoms with E-state index in [-0.39, 0.29) is 12.6 Å². The number of ether oxygens (including phenoxy) is 5. The first kappa shape index (κ1) is 34.0. The van der Waals surface area contributed by atoms with E-state index in [1.54, 1.807) is 21.3 Å². The van der Waals surface area contributed by atoms with E-state index in [2.05, 4.69) is 46.2 Å². The maximum Gasteiger partial charge on any atom is 0.331 e. The number of carbonyl (C=O) groups is 2. The average molecular weight is 643 g/mol. The minimum absolute atomic E-state index is 0.114. The number of carbonyl (C=O) groups excluding carboxylic acids is 2. The van der Waals surface area contributed by atoms with E-state index < -0.39 is 11.9 Å². The Labute approximate surface area is 278 Å². The van der Waals surface area contributed by atoms with Gasteiger partial charge in [0.15, 0.2) is 11.5 Å². The van der Waals surface area contributed by atoms with Gasteiger partial charge in [-0.1, -0.05) is 42.5 Å². The van der Waals surface area contributed by atoms with Gasteiger partial charge in [0.25, 0.3) is 0 Å². The van der Waals surface area contributed by atoms with Crippen molar-refractivity contribution < 1.29 is 33.3 Å². The van der Waals surface area contributed by atoms with Gasteiger partial charge in [-0.25, -0.2) is 9.59 Å². The molecule has 3 aromatic rings. The highest BCUT2D eigenvalue weighted by Crippen LogP contribution is 2.39. The molecule has 47 heavy (non-hydrogen) atoms. The van der Waals surface area contributed by atoms with Crippen LogP contribution in [-0.2, 0) is 38.4 Å². The maximum absolute atomic E-state index is 12.4. The number of nitrogens with zero attached hydrogens (tertiary/aromatic N) is 2. The molecule has 2 heterocycles. The van der Waals surface area contributed by atoms with Crippen LogP contribution in [0.4, 0.5) is 0 Å². The van der Waals surface area contributed by atoms with Crippen LogP contribution < -0.4 is 14.2 Å². The van der Waals surface area contributed by atoms with Gasteiger partial charge in [0.05, 0.1) is 34.5 Å². The lowest BCUT2D eigenvalue weighted by molar-refractivity contribution is -0.141. The third-order valence-electron chi connectivity index (χ3n) is 8.97. The molecule has 9 heteroatoms. The molecule has 0 radical (unpaired) electrons. The van der Waals surface area contributed by atoms with Gasteiger partial charge in [0.1, 0.15) is 5.75 Å². The predicted molar refractivity (Wildman–Crippen MR) is 180 cm³/mol. The third kappa shape index (κ3) is 9.59.